The largest absolute Gasteiger partial charge is 0.343 e. The smallest absolute Gasteiger partial charge is 0.226 e. The molecule has 0 spiro atoms. The Labute approximate surface area is 118 Å². The highest BCUT2D eigenvalue weighted by Crippen LogP contribution is 2.22. The fraction of sp³-hybridized carbons (Fsp3) is 0.643. The van der Waals surface area contributed by atoms with Crippen molar-refractivity contribution in [2.24, 2.45) is 5.92 Å². The topological polar surface area (TPSA) is 58.4 Å². The molecule has 1 fully saturated rings. The first-order valence-electron chi connectivity index (χ1n) is 7.19. The average Bonchev–Trinajstić information content (AvgIpc) is 2.94. The minimum absolute atomic E-state index is 0.0621. The van der Waals surface area contributed by atoms with Crippen LogP contribution in [-0.2, 0) is 22.7 Å². The third-order valence-corrected chi connectivity index (χ3v) is 4.35. The van der Waals surface area contributed by atoms with Crippen LogP contribution in [0.5, 0.6) is 0 Å². The van der Waals surface area contributed by atoms with E-state index in [1.54, 1.807) is 13.1 Å². The Morgan fingerprint density at radius 1 is 1.15 bits per heavy atom. The summed E-state index contributed by atoms with van der Waals surface area (Å²) in [7, 11) is 0. The molecule has 1 saturated heterocycles. The highest BCUT2D eigenvalue weighted by atomic mass is 16.2. The van der Waals surface area contributed by atoms with Crippen LogP contribution in [0.15, 0.2) is 12.4 Å². The van der Waals surface area contributed by atoms with E-state index in [1.807, 2.05) is 16.0 Å². The maximum atomic E-state index is 12.5. The summed E-state index contributed by atoms with van der Waals surface area (Å²) in [5, 5.41) is 0. The molecule has 0 N–H and O–H groups in total. The van der Waals surface area contributed by atoms with Crippen LogP contribution in [-0.4, -0.2) is 50.8 Å². The van der Waals surface area contributed by atoms with E-state index >= 15 is 0 Å². The van der Waals surface area contributed by atoms with Crippen LogP contribution in [0, 0.1) is 5.92 Å². The fourth-order valence-electron chi connectivity index (χ4n) is 3.06. The van der Waals surface area contributed by atoms with Gasteiger partial charge in [-0.25, -0.2) is 4.98 Å². The number of likely N-dealkylation sites (tertiary alicyclic amines) is 1. The van der Waals surface area contributed by atoms with Gasteiger partial charge in [0.1, 0.15) is 5.82 Å². The third-order valence-electron chi connectivity index (χ3n) is 4.35. The van der Waals surface area contributed by atoms with Crippen molar-refractivity contribution < 1.29 is 9.59 Å². The van der Waals surface area contributed by atoms with Crippen LogP contribution >= 0.6 is 0 Å². The Morgan fingerprint density at radius 2 is 1.90 bits per heavy atom. The van der Waals surface area contributed by atoms with Gasteiger partial charge < -0.3 is 14.4 Å². The Hall–Kier alpha value is -1.85. The first kappa shape index (κ1) is 13.1. The van der Waals surface area contributed by atoms with Crippen LogP contribution in [0.25, 0.3) is 0 Å². The molecule has 1 aromatic heterocycles. The summed E-state index contributed by atoms with van der Waals surface area (Å²) in [5.74, 6) is 1.36. The van der Waals surface area contributed by atoms with Crippen molar-refractivity contribution in [1.82, 2.24) is 19.4 Å². The van der Waals surface area contributed by atoms with Gasteiger partial charge in [-0.2, -0.15) is 0 Å². The molecule has 2 amide bonds. The minimum atomic E-state index is 0.0621. The van der Waals surface area contributed by atoms with E-state index in [2.05, 4.69) is 9.55 Å². The van der Waals surface area contributed by atoms with Crippen LogP contribution < -0.4 is 0 Å². The molecule has 3 rings (SSSR count). The van der Waals surface area contributed by atoms with Gasteiger partial charge in [-0.3, -0.25) is 9.59 Å². The molecule has 108 valence electrons. The maximum absolute atomic E-state index is 12.5. The molecule has 3 heterocycles. The molecule has 6 nitrogen and oxygen atoms in total. The second-order valence-electron chi connectivity index (χ2n) is 5.58. The molecule has 20 heavy (non-hydrogen) atoms. The second-order valence-corrected chi connectivity index (χ2v) is 5.58. The van der Waals surface area contributed by atoms with Crippen molar-refractivity contribution in [3.63, 3.8) is 0 Å². The highest BCUT2D eigenvalue weighted by molar-refractivity contribution is 5.79. The summed E-state index contributed by atoms with van der Waals surface area (Å²) < 4.78 is 2.10. The monoisotopic (exact) mass is 276 g/mol. The number of aromatic nitrogens is 2. The first-order chi connectivity index (χ1) is 9.65. The number of rotatable bonds is 1. The summed E-state index contributed by atoms with van der Waals surface area (Å²) >= 11 is 0. The molecular weight excluding hydrogens is 256 g/mol. The number of hydrogen-bond acceptors (Lipinski definition) is 3. The minimum Gasteiger partial charge on any atom is -0.343 e. The lowest BCUT2D eigenvalue weighted by atomic mass is 9.95. The predicted molar refractivity (Wildman–Crippen MR) is 72.6 cm³/mol. The number of hydrogen-bond donors (Lipinski definition) is 0. The van der Waals surface area contributed by atoms with Crippen LogP contribution in [0.4, 0.5) is 0 Å². The van der Waals surface area contributed by atoms with Crippen LogP contribution in [0.1, 0.15) is 25.6 Å². The fourth-order valence-corrected chi connectivity index (χ4v) is 3.06. The van der Waals surface area contributed by atoms with Gasteiger partial charge in [-0.05, 0) is 12.8 Å². The Morgan fingerprint density at radius 3 is 2.60 bits per heavy atom. The van der Waals surface area contributed by atoms with E-state index in [0.29, 0.717) is 19.6 Å². The number of imidazole rings is 1. The Kier molecular flexibility index (Phi) is 3.46. The number of amides is 2. The van der Waals surface area contributed by atoms with Gasteiger partial charge in [0.2, 0.25) is 11.8 Å². The zero-order valence-electron chi connectivity index (χ0n) is 11.8. The van der Waals surface area contributed by atoms with Crippen molar-refractivity contribution >= 4 is 11.8 Å². The van der Waals surface area contributed by atoms with Gasteiger partial charge in [0.25, 0.3) is 0 Å². The van der Waals surface area contributed by atoms with E-state index in [0.717, 1.165) is 31.8 Å². The normalized spacial score (nSPS) is 19.9. The molecule has 2 aliphatic rings. The summed E-state index contributed by atoms with van der Waals surface area (Å²) in [5.41, 5.74) is 0. The average molecular weight is 276 g/mol. The molecule has 2 aliphatic heterocycles. The van der Waals surface area contributed by atoms with E-state index in [-0.39, 0.29) is 17.7 Å². The SMILES string of the molecule is CC(=O)N1CCC(C(=O)N2CCn3ccnc3C2)CC1. The lowest BCUT2D eigenvalue weighted by Gasteiger charge is -2.35. The zero-order chi connectivity index (χ0) is 14.1. The Balaban J connectivity index is 1.59. The molecule has 0 saturated carbocycles. The molecule has 0 unspecified atom stereocenters. The van der Waals surface area contributed by atoms with Crippen molar-refractivity contribution in [3.8, 4) is 0 Å². The van der Waals surface area contributed by atoms with Gasteiger partial charge in [0, 0.05) is 51.4 Å². The van der Waals surface area contributed by atoms with Crippen molar-refractivity contribution in [1.29, 1.82) is 0 Å². The Bertz CT molecular complexity index is 517. The standard InChI is InChI=1S/C14H20N4O2/c1-11(19)16-5-2-12(3-6-16)14(20)18-9-8-17-7-4-15-13(17)10-18/h4,7,12H,2-3,5-6,8-10H2,1H3. The number of piperidine rings is 1. The molecule has 6 heteroatoms. The summed E-state index contributed by atoms with van der Waals surface area (Å²) in [6.45, 7) is 5.19. The zero-order valence-corrected chi connectivity index (χ0v) is 11.8. The van der Waals surface area contributed by atoms with Gasteiger partial charge in [0.05, 0.1) is 6.54 Å². The van der Waals surface area contributed by atoms with Crippen molar-refractivity contribution in [3.05, 3.63) is 18.2 Å². The van der Waals surface area contributed by atoms with Gasteiger partial charge >= 0.3 is 0 Å². The predicted octanol–water partition coefficient (Wildman–Crippen LogP) is 0.484. The van der Waals surface area contributed by atoms with Crippen LogP contribution in [0.3, 0.4) is 0 Å². The number of carbonyl (C=O) groups is 2. The van der Waals surface area contributed by atoms with E-state index in [9.17, 15) is 9.59 Å². The molecule has 0 radical (unpaired) electrons. The van der Waals surface area contributed by atoms with E-state index in [4.69, 9.17) is 0 Å². The van der Waals surface area contributed by atoms with E-state index in [1.165, 1.54) is 0 Å². The summed E-state index contributed by atoms with van der Waals surface area (Å²) in [6.07, 6.45) is 5.31. The molecule has 0 aromatic carbocycles. The highest BCUT2D eigenvalue weighted by Gasteiger charge is 2.31. The van der Waals surface area contributed by atoms with E-state index < -0.39 is 0 Å². The second kappa shape index (κ2) is 5.26. The van der Waals surface area contributed by atoms with Crippen molar-refractivity contribution in [2.75, 3.05) is 19.6 Å². The van der Waals surface area contributed by atoms with Gasteiger partial charge in [-0.1, -0.05) is 0 Å². The number of fused-ring (bicyclic) bond motifs is 1. The summed E-state index contributed by atoms with van der Waals surface area (Å²) in [6, 6.07) is 0. The molecule has 1 aromatic rings. The number of carbonyl (C=O) groups excluding carboxylic acids is 2. The van der Waals surface area contributed by atoms with Gasteiger partial charge in [0.15, 0.2) is 0 Å². The molecular formula is C14H20N4O2. The number of nitrogens with zero attached hydrogens (tertiary/aromatic N) is 4. The summed E-state index contributed by atoms with van der Waals surface area (Å²) in [4.78, 5) is 31.9. The first-order valence-corrected chi connectivity index (χ1v) is 7.19. The van der Waals surface area contributed by atoms with Crippen LogP contribution in [0.2, 0.25) is 0 Å². The maximum Gasteiger partial charge on any atom is 0.226 e. The van der Waals surface area contributed by atoms with Gasteiger partial charge in [-0.15, -0.1) is 0 Å². The lowest BCUT2D eigenvalue weighted by Crippen LogP contribution is -2.46. The molecule has 0 aliphatic carbocycles. The lowest BCUT2D eigenvalue weighted by molar-refractivity contribution is -0.141. The molecule has 0 bridgehead atoms. The molecule has 0 atom stereocenters. The quantitative estimate of drug-likeness (QED) is 0.750. The third kappa shape index (κ3) is 2.42. The van der Waals surface area contributed by atoms with Crippen molar-refractivity contribution in [2.45, 2.75) is 32.9 Å².